The van der Waals surface area contributed by atoms with E-state index in [-0.39, 0.29) is 17.9 Å². The van der Waals surface area contributed by atoms with E-state index in [0.29, 0.717) is 18.9 Å². The van der Waals surface area contributed by atoms with Gasteiger partial charge >= 0.3 is 0 Å². The summed E-state index contributed by atoms with van der Waals surface area (Å²) in [6.45, 7) is 2.80. The lowest BCUT2D eigenvalue weighted by atomic mass is 9.83. The first-order valence-corrected chi connectivity index (χ1v) is 8.74. The van der Waals surface area contributed by atoms with E-state index >= 15 is 0 Å². The van der Waals surface area contributed by atoms with Gasteiger partial charge in [-0.05, 0) is 38.5 Å². The normalized spacial score (nSPS) is 28.5. The van der Waals surface area contributed by atoms with Crippen LogP contribution in [0.25, 0.3) is 0 Å². The monoisotopic (exact) mass is 292 g/mol. The average Bonchev–Trinajstić information content (AvgIpc) is 2.92. The predicted octanol–water partition coefficient (Wildman–Crippen LogP) is 2.62. The van der Waals surface area contributed by atoms with Crippen LogP contribution in [0, 0.1) is 5.92 Å². The quantitative estimate of drug-likeness (QED) is 0.850. The minimum absolute atomic E-state index is 0.0589. The molecule has 2 aliphatic carbocycles. The van der Waals surface area contributed by atoms with Crippen LogP contribution >= 0.6 is 0 Å². The van der Waals surface area contributed by atoms with Gasteiger partial charge in [-0.15, -0.1) is 0 Å². The summed E-state index contributed by atoms with van der Waals surface area (Å²) in [5.74, 6) is 0.877. The van der Waals surface area contributed by atoms with Crippen molar-refractivity contribution in [2.24, 2.45) is 5.92 Å². The zero-order valence-electron chi connectivity index (χ0n) is 13.2. The van der Waals surface area contributed by atoms with Crippen LogP contribution in [0.5, 0.6) is 0 Å². The van der Waals surface area contributed by atoms with Crippen LogP contribution in [0.3, 0.4) is 0 Å². The highest BCUT2D eigenvalue weighted by Crippen LogP contribution is 2.36. The molecule has 3 rings (SSSR count). The van der Waals surface area contributed by atoms with Crippen molar-refractivity contribution in [1.82, 2.24) is 10.2 Å². The van der Waals surface area contributed by atoms with Crippen LogP contribution in [0.4, 0.5) is 0 Å². The Morgan fingerprint density at radius 3 is 2.43 bits per heavy atom. The number of hydrogen-bond acceptors (Lipinski definition) is 2. The Morgan fingerprint density at radius 1 is 1.10 bits per heavy atom. The lowest BCUT2D eigenvalue weighted by Gasteiger charge is -2.39. The van der Waals surface area contributed by atoms with Crippen molar-refractivity contribution in [1.29, 1.82) is 0 Å². The van der Waals surface area contributed by atoms with E-state index in [0.717, 1.165) is 25.7 Å². The summed E-state index contributed by atoms with van der Waals surface area (Å²) in [7, 11) is 0. The average molecular weight is 292 g/mol. The molecule has 2 amide bonds. The highest BCUT2D eigenvalue weighted by atomic mass is 16.2. The second-order valence-electron chi connectivity index (χ2n) is 7.22. The van der Waals surface area contributed by atoms with Gasteiger partial charge in [0.25, 0.3) is 0 Å². The summed E-state index contributed by atoms with van der Waals surface area (Å²) in [6, 6.07) is 0.281. The minimum Gasteiger partial charge on any atom is -0.342 e. The minimum atomic E-state index is -0.573. The second-order valence-corrected chi connectivity index (χ2v) is 7.22. The third-order valence-corrected chi connectivity index (χ3v) is 5.91. The van der Waals surface area contributed by atoms with Gasteiger partial charge in [0.05, 0.1) is 0 Å². The summed E-state index contributed by atoms with van der Waals surface area (Å²) in [4.78, 5) is 27.2. The third-order valence-electron chi connectivity index (χ3n) is 5.91. The zero-order chi connectivity index (χ0) is 14.9. The van der Waals surface area contributed by atoms with Crippen LogP contribution in [-0.2, 0) is 9.59 Å². The summed E-state index contributed by atoms with van der Waals surface area (Å²) in [5.41, 5.74) is -0.573. The van der Waals surface area contributed by atoms with Crippen LogP contribution in [0.2, 0.25) is 0 Å². The topological polar surface area (TPSA) is 49.4 Å². The molecule has 1 spiro atoms. The van der Waals surface area contributed by atoms with Gasteiger partial charge in [0.1, 0.15) is 5.54 Å². The molecule has 21 heavy (non-hydrogen) atoms. The molecule has 0 aromatic heterocycles. The summed E-state index contributed by atoms with van der Waals surface area (Å²) >= 11 is 0. The number of carbonyl (C=O) groups excluding carboxylic acids is 2. The highest BCUT2D eigenvalue weighted by molar-refractivity contribution is 5.94. The van der Waals surface area contributed by atoms with Crippen molar-refractivity contribution < 1.29 is 9.59 Å². The molecule has 2 saturated carbocycles. The van der Waals surface area contributed by atoms with Crippen LogP contribution in [-0.4, -0.2) is 34.8 Å². The van der Waals surface area contributed by atoms with E-state index < -0.39 is 5.54 Å². The van der Waals surface area contributed by atoms with Crippen molar-refractivity contribution in [2.75, 3.05) is 6.54 Å². The Bertz CT molecular complexity index is 409. The molecule has 4 heteroatoms. The largest absolute Gasteiger partial charge is 0.342 e. The van der Waals surface area contributed by atoms with E-state index in [1.807, 2.05) is 4.90 Å². The predicted molar refractivity (Wildman–Crippen MR) is 81.7 cm³/mol. The maximum atomic E-state index is 13.1. The molecular formula is C17H28N2O2. The lowest BCUT2D eigenvalue weighted by Crippen LogP contribution is -2.57. The first kappa shape index (κ1) is 14.9. The molecule has 1 aliphatic heterocycles. The number of nitrogens with zero attached hydrogens (tertiary/aromatic N) is 1. The van der Waals surface area contributed by atoms with Crippen molar-refractivity contribution in [3.63, 3.8) is 0 Å². The number of rotatable bonds is 2. The molecule has 118 valence electrons. The number of carbonyl (C=O) groups is 2. The molecule has 1 heterocycles. The Morgan fingerprint density at radius 2 is 1.76 bits per heavy atom. The molecule has 1 saturated heterocycles. The van der Waals surface area contributed by atoms with Crippen LogP contribution in [0.1, 0.15) is 71.1 Å². The molecule has 1 unspecified atom stereocenters. The standard InChI is InChI=1S/C17H28N2O2/c1-13(14-7-3-2-4-8-14)19-12-9-15(20)18-17(16(19)21)10-5-6-11-17/h13-14H,2-12H2,1H3,(H,18,20). The summed E-state index contributed by atoms with van der Waals surface area (Å²) in [5, 5.41) is 3.06. The second kappa shape index (κ2) is 5.98. The molecule has 0 bridgehead atoms. The summed E-state index contributed by atoms with van der Waals surface area (Å²) in [6.07, 6.45) is 10.6. The van der Waals surface area contributed by atoms with Gasteiger partial charge in [-0.3, -0.25) is 9.59 Å². The van der Waals surface area contributed by atoms with E-state index in [2.05, 4.69) is 12.2 Å². The molecular weight excluding hydrogens is 264 g/mol. The van der Waals surface area contributed by atoms with E-state index in [1.54, 1.807) is 0 Å². The number of amides is 2. The fourth-order valence-corrected chi connectivity index (χ4v) is 4.56. The maximum absolute atomic E-state index is 13.1. The first-order valence-electron chi connectivity index (χ1n) is 8.74. The van der Waals surface area contributed by atoms with Crippen molar-refractivity contribution >= 4 is 11.8 Å². The number of nitrogens with one attached hydrogen (secondary N) is 1. The van der Waals surface area contributed by atoms with Gasteiger partial charge in [0.15, 0.2) is 0 Å². The first-order chi connectivity index (χ1) is 10.1. The lowest BCUT2D eigenvalue weighted by molar-refractivity contribution is -0.141. The molecule has 1 N–H and O–H groups in total. The van der Waals surface area contributed by atoms with E-state index in [4.69, 9.17) is 0 Å². The Labute approximate surface area is 127 Å². The Balaban J connectivity index is 1.79. The van der Waals surface area contributed by atoms with Gasteiger partial charge in [0.2, 0.25) is 11.8 Å². The fourth-order valence-electron chi connectivity index (χ4n) is 4.56. The highest BCUT2D eigenvalue weighted by Gasteiger charge is 2.47. The van der Waals surface area contributed by atoms with Crippen molar-refractivity contribution in [2.45, 2.75) is 82.7 Å². The van der Waals surface area contributed by atoms with Gasteiger partial charge in [0, 0.05) is 19.0 Å². The number of hydrogen-bond donors (Lipinski definition) is 1. The molecule has 1 atom stereocenters. The molecule has 0 radical (unpaired) electrons. The van der Waals surface area contributed by atoms with Gasteiger partial charge in [-0.1, -0.05) is 32.1 Å². The molecule has 4 nitrogen and oxygen atoms in total. The summed E-state index contributed by atoms with van der Waals surface area (Å²) < 4.78 is 0. The smallest absolute Gasteiger partial charge is 0.248 e. The van der Waals surface area contributed by atoms with Gasteiger partial charge in [-0.2, -0.15) is 0 Å². The molecule has 0 aromatic carbocycles. The maximum Gasteiger partial charge on any atom is 0.248 e. The molecule has 0 aromatic rings. The molecule has 3 aliphatic rings. The molecule has 3 fully saturated rings. The fraction of sp³-hybridized carbons (Fsp3) is 0.882. The third kappa shape index (κ3) is 2.82. The SMILES string of the molecule is CC(C1CCCCC1)N1CCC(=O)NC2(CCCC2)C1=O. The van der Waals surface area contributed by atoms with Crippen LogP contribution in [0.15, 0.2) is 0 Å². The van der Waals surface area contributed by atoms with E-state index in [9.17, 15) is 9.59 Å². The van der Waals surface area contributed by atoms with Gasteiger partial charge in [-0.25, -0.2) is 0 Å². The Hall–Kier alpha value is -1.06. The Kier molecular flexibility index (Phi) is 4.23. The van der Waals surface area contributed by atoms with Crippen LogP contribution < -0.4 is 5.32 Å². The van der Waals surface area contributed by atoms with Crippen molar-refractivity contribution in [3.05, 3.63) is 0 Å². The van der Waals surface area contributed by atoms with Gasteiger partial charge < -0.3 is 10.2 Å². The van der Waals surface area contributed by atoms with Crippen molar-refractivity contribution in [3.8, 4) is 0 Å². The zero-order valence-corrected chi connectivity index (χ0v) is 13.2. The van der Waals surface area contributed by atoms with E-state index in [1.165, 1.54) is 32.1 Å².